The first-order valence-corrected chi connectivity index (χ1v) is 8.71. The van der Waals surface area contributed by atoms with Gasteiger partial charge in [0.25, 0.3) is 0 Å². The van der Waals surface area contributed by atoms with E-state index < -0.39 is 0 Å². The summed E-state index contributed by atoms with van der Waals surface area (Å²) in [5.74, 6) is 1.92. The van der Waals surface area contributed by atoms with E-state index >= 15 is 0 Å². The monoisotopic (exact) mass is 341 g/mol. The first-order valence-electron chi connectivity index (χ1n) is 8.71. The van der Waals surface area contributed by atoms with Gasteiger partial charge >= 0.3 is 0 Å². The van der Waals surface area contributed by atoms with Gasteiger partial charge < -0.3 is 14.3 Å². The van der Waals surface area contributed by atoms with E-state index in [1.165, 1.54) is 0 Å². The van der Waals surface area contributed by atoms with Gasteiger partial charge in [0.2, 0.25) is 5.91 Å². The first kappa shape index (κ1) is 16.1. The number of nitrogens with zero attached hydrogens (tertiary/aromatic N) is 5. The molecule has 2 fully saturated rings. The molecule has 4 rings (SSSR count). The van der Waals surface area contributed by atoms with Gasteiger partial charge in [0.1, 0.15) is 5.76 Å². The lowest BCUT2D eigenvalue weighted by atomic mass is 9.86. The van der Waals surface area contributed by atoms with Crippen LogP contribution in [0.5, 0.6) is 0 Å². The molecule has 0 bridgehead atoms. The van der Waals surface area contributed by atoms with Crippen molar-refractivity contribution in [2.75, 3.05) is 24.5 Å². The van der Waals surface area contributed by atoms with Crippen molar-refractivity contribution in [2.45, 2.75) is 40.2 Å². The van der Waals surface area contributed by atoms with Gasteiger partial charge in [-0.1, -0.05) is 5.16 Å². The maximum Gasteiger partial charge on any atom is 0.223 e. The Balaban J connectivity index is 1.47. The fraction of sp³-hybridized carbons (Fsp3) is 0.556. The zero-order valence-corrected chi connectivity index (χ0v) is 14.9. The molecule has 2 saturated heterocycles. The smallest absolute Gasteiger partial charge is 0.223 e. The van der Waals surface area contributed by atoms with Gasteiger partial charge in [0, 0.05) is 37.0 Å². The van der Waals surface area contributed by atoms with Crippen LogP contribution in [0.3, 0.4) is 0 Å². The highest BCUT2D eigenvalue weighted by Gasteiger charge is 2.47. The lowest BCUT2D eigenvalue weighted by molar-refractivity contribution is -0.128. The van der Waals surface area contributed by atoms with Crippen LogP contribution in [0.4, 0.5) is 5.82 Å². The minimum Gasteiger partial charge on any atom is -0.361 e. The number of hydrogen-bond donors (Lipinski definition) is 0. The van der Waals surface area contributed by atoms with E-state index in [1.807, 2.05) is 37.8 Å². The van der Waals surface area contributed by atoms with E-state index in [2.05, 4.69) is 20.3 Å². The van der Waals surface area contributed by atoms with Crippen LogP contribution in [0, 0.1) is 26.2 Å². The van der Waals surface area contributed by atoms with Crippen molar-refractivity contribution in [3.63, 3.8) is 0 Å². The highest BCUT2D eigenvalue weighted by Crippen LogP contribution is 2.41. The molecule has 7 nitrogen and oxygen atoms in total. The van der Waals surface area contributed by atoms with Crippen molar-refractivity contribution in [3.8, 4) is 0 Å². The fourth-order valence-electron chi connectivity index (χ4n) is 4.01. The minimum atomic E-state index is 0.0165. The number of carbonyl (C=O) groups excluding carboxylic acids is 1. The number of carbonyl (C=O) groups is 1. The van der Waals surface area contributed by atoms with Crippen LogP contribution in [0.1, 0.15) is 35.6 Å². The molecular weight excluding hydrogens is 318 g/mol. The van der Waals surface area contributed by atoms with Crippen LogP contribution < -0.4 is 4.90 Å². The molecule has 4 heterocycles. The van der Waals surface area contributed by atoms with E-state index in [4.69, 9.17) is 4.52 Å². The first-order chi connectivity index (χ1) is 12.0. The van der Waals surface area contributed by atoms with Crippen molar-refractivity contribution >= 4 is 11.7 Å². The predicted molar refractivity (Wildman–Crippen MR) is 92.0 cm³/mol. The van der Waals surface area contributed by atoms with E-state index in [0.29, 0.717) is 13.0 Å². The SMILES string of the molecule is Cc1ccc(N2CCC3(CC(=O)N(Cc4c(C)noc4C)C3)C2)nn1. The normalized spacial score (nSPS) is 23.2. The van der Waals surface area contributed by atoms with Gasteiger partial charge in [0.15, 0.2) is 5.82 Å². The second kappa shape index (κ2) is 5.82. The Kier molecular flexibility index (Phi) is 3.74. The van der Waals surface area contributed by atoms with E-state index in [9.17, 15) is 4.79 Å². The largest absolute Gasteiger partial charge is 0.361 e. The Labute approximate surface area is 147 Å². The molecule has 0 aromatic carbocycles. The zero-order valence-electron chi connectivity index (χ0n) is 14.9. The van der Waals surface area contributed by atoms with Gasteiger partial charge in [-0.3, -0.25) is 4.79 Å². The van der Waals surface area contributed by atoms with Gasteiger partial charge in [-0.25, -0.2) is 0 Å². The highest BCUT2D eigenvalue weighted by atomic mass is 16.5. The summed E-state index contributed by atoms with van der Waals surface area (Å²) in [6, 6.07) is 4.00. The molecule has 25 heavy (non-hydrogen) atoms. The standard InChI is InChI=1S/C18H23N5O2/c1-12-4-5-16(20-19-12)22-7-6-18(10-22)8-17(24)23(11-18)9-15-13(2)21-25-14(15)3/h4-5H,6-11H2,1-3H3. The average molecular weight is 341 g/mol. The summed E-state index contributed by atoms with van der Waals surface area (Å²) in [6.45, 7) is 8.91. The second-order valence-electron chi connectivity index (χ2n) is 7.43. The van der Waals surface area contributed by atoms with E-state index in [1.54, 1.807) is 0 Å². The summed E-state index contributed by atoms with van der Waals surface area (Å²) in [4.78, 5) is 16.8. The molecule has 2 aliphatic heterocycles. The minimum absolute atomic E-state index is 0.0165. The van der Waals surface area contributed by atoms with E-state index in [-0.39, 0.29) is 11.3 Å². The number of anilines is 1. The number of rotatable bonds is 3. The second-order valence-corrected chi connectivity index (χ2v) is 7.43. The molecule has 0 saturated carbocycles. The Morgan fingerprint density at radius 2 is 2.04 bits per heavy atom. The molecule has 0 N–H and O–H groups in total. The van der Waals surface area contributed by atoms with Crippen LogP contribution in [-0.4, -0.2) is 45.8 Å². The fourth-order valence-corrected chi connectivity index (χ4v) is 4.01. The van der Waals surface area contributed by atoms with Gasteiger partial charge in [0.05, 0.1) is 17.9 Å². The van der Waals surface area contributed by atoms with Gasteiger partial charge in [-0.05, 0) is 39.3 Å². The molecule has 1 atom stereocenters. The molecule has 2 aromatic rings. The van der Waals surface area contributed by atoms with Crippen molar-refractivity contribution in [3.05, 3.63) is 34.8 Å². The Hall–Kier alpha value is -2.44. The average Bonchev–Trinajstić information content (AvgIpc) is 3.23. The molecule has 1 amide bonds. The zero-order chi connectivity index (χ0) is 17.6. The highest BCUT2D eigenvalue weighted by molar-refractivity contribution is 5.80. The third-order valence-electron chi connectivity index (χ3n) is 5.48. The Morgan fingerprint density at radius 1 is 1.20 bits per heavy atom. The number of amides is 1. The van der Waals surface area contributed by atoms with Crippen molar-refractivity contribution in [2.24, 2.45) is 5.41 Å². The molecule has 2 aliphatic rings. The molecule has 7 heteroatoms. The van der Waals surface area contributed by atoms with Crippen molar-refractivity contribution in [1.29, 1.82) is 0 Å². The number of likely N-dealkylation sites (tertiary alicyclic amines) is 1. The summed E-state index contributed by atoms with van der Waals surface area (Å²) in [7, 11) is 0. The molecule has 0 aliphatic carbocycles. The third-order valence-corrected chi connectivity index (χ3v) is 5.48. The van der Waals surface area contributed by atoms with Crippen molar-refractivity contribution in [1.82, 2.24) is 20.3 Å². The van der Waals surface area contributed by atoms with Crippen LogP contribution in [0.2, 0.25) is 0 Å². The maximum atomic E-state index is 12.6. The molecule has 132 valence electrons. The number of aromatic nitrogens is 3. The Bertz CT molecular complexity index is 781. The van der Waals surface area contributed by atoms with Crippen LogP contribution >= 0.6 is 0 Å². The number of aryl methyl sites for hydroxylation is 3. The molecule has 1 spiro atoms. The third kappa shape index (κ3) is 2.88. The number of hydrogen-bond acceptors (Lipinski definition) is 6. The van der Waals surface area contributed by atoms with Crippen LogP contribution in [0.15, 0.2) is 16.7 Å². The lowest BCUT2D eigenvalue weighted by Gasteiger charge is -2.24. The van der Waals surface area contributed by atoms with E-state index in [0.717, 1.165) is 54.6 Å². The molecule has 1 unspecified atom stereocenters. The lowest BCUT2D eigenvalue weighted by Crippen LogP contribution is -2.31. The molecular formula is C18H23N5O2. The van der Waals surface area contributed by atoms with Crippen LogP contribution in [-0.2, 0) is 11.3 Å². The Morgan fingerprint density at radius 3 is 2.72 bits per heavy atom. The summed E-state index contributed by atoms with van der Waals surface area (Å²) in [5, 5.41) is 12.4. The topological polar surface area (TPSA) is 75.4 Å². The quantitative estimate of drug-likeness (QED) is 0.850. The molecule has 2 aromatic heterocycles. The predicted octanol–water partition coefficient (Wildman–Crippen LogP) is 2.02. The summed E-state index contributed by atoms with van der Waals surface area (Å²) >= 11 is 0. The maximum absolute atomic E-state index is 12.6. The molecule has 0 radical (unpaired) electrons. The summed E-state index contributed by atoms with van der Waals surface area (Å²) < 4.78 is 5.23. The summed E-state index contributed by atoms with van der Waals surface area (Å²) in [5.41, 5.74) is 2.83. The van der Waals surface area contributed by atoms with Gasteiger partial charge in [-0.2, -0.15) is 5.10 Å². The van der Waals surface area contributed by atoms with Gasteiger partial charge in [-0.15, -0.1) is 5.10 Å². The van der Waals surface area contributed by atoms with Crippen LogP contribution in [0.25, 0.3) is 0 Å². The van der Waals surface area contributed by atoms with Crippen molar-refractivity contribution < 1.29 is 9.32 Å². The summed E-state index contributed by atoms with van der Waals surface area (Å²) in [6.07, 6.45) is 1.61.